The SMILES string of the molecule is COC(=O)c1ccccc1NC(=O)[C@@]1(C)Cc2ccc(Cl)cc2C(=O)O1. The van der Waals surface area contributed by atoms with Crippen molar-refractivity contribution < 1.29 is 23.9 Å². The molecule has 6 nitrogen and oxygen atoms in total. The number of para-hydroxylation sites is 1. The van der Waals surface area contributed by atoms with Crippen LogP contribution in [0.2, 0.25) is 5.02 Å². The molecule has 0 radical (unpaired) electrons. The molecule has 1 N–H and O–H groups in total. The molecule has 0 aliphatic carbocycles. The van der Waals surface area contributed by atoms with Gasteiger partial charge in [-0.2, -0.15) is 0 Å². The van der Waals surface area contributed by atoms with E-state index in [9.17, 15) is 14.4 Å². The Kier molecular flexibility index (Phi) is 4.70. The first kappa shape index (κ1) is 17.9. The van der Waals surface area contributed by atoms with Crippen molar-refractivity contribution in [1.29, 1.82) is 0 Å². The zero-order valence-corrected chi connectivity index (χ0v) is 14.9. The van der Waals surface area contributed by atoms with Crippen LogP contribution in [0.25, 0.3) is 0 Å². The minimum atomic E-state index is -1.42. The van der Waals surface area contributed by atoms with Crippen LogP contribution in [0.4, 0.5) is 5.69 Å². The summed E-state index contributed by atoms with van der Waals surface area (Å²) in [4.78, 5) is 37.0. The molecule has 0 aromatic heterocycles. The van der Waals surface area contributed by atoms with Gasteiger partial charge in [0.05, 0.1) is 23.9 Å². The quantitative estimate of drug-likeness (QED) is 0.835. The molecule has 0 saturated carbocycles. The Hall–Kier alpha value is -2.86. The highest BCUT2D eigenvalue weighted by atomic mass is 35.5. The van der Waals surface area contributed by atoms with Crippen molar-refractivity contribution in [2.45, 2.75) is 18.9 Å². The highest BCUT2D eigenvalue weighted by Gasteiger charge is 2.43. The van der Waals surface area contributed by atoms with Gasteiger partial charge in [0.2, 0.25) is 0 Å². The highest BCUT2D eigenvalue weighted by Crippen LogP contribution is 2.31. The van der Waals surface area contributed by atoms with Gasteiger partial charge in [0.25, 0.3) is 5.91 Å². The molecule has 1 amide bonds. The first-order chi connectivity index (χ1) is 12.3. The molecule has 1 aliphatic heterocycles. The lowest BCUT2D eigenvalue weighted by atomic mass is 9.89. The number of benzene rings is 2. The van der Waals surface area contributed by atoms with Crippen LogP contribution in [0.3, 0.4) is 0 Å². The monoisotopic (exact) mass is 373 g/mol. The first-order valence-electron chi connectivity index (χ1n) is 7.84. The summed E-state index contributed by atoms with van der Waals surface area (Å²) in [6.07, 6.45) is 0.192. The summed E-state index contributed by atoms with van der Waals surface area (Å²) in [5.41, 5.74) is 0.0910. The van der Waals surface area contributed by atoms with E-state index in [2.05, 4.69) is 5.32 Å². The molecule has 0 bridgehead atoms. The average molecular weight is 374 g/mol. The number of ether oxygens (including phenoxy) is 2. The standard InChI is InChI=1S/C19H16ClNO5/c1-19(10-11-7-8-12(20)9-14(11)17(23)26-19)18(24)21-15-6-4-3-5-13(15)16(22)25-2/h3-9H,10H2,1-2H3,(H,21,24)/t19-/m1/s1. The van der Waals surface area contributed by atoms with E-state index in [0.29, 0.717) is 16.1 Å². The normalized spacial score (nSPS) is 18.5. The Morgan fingerprint density at radius 1 is 1.23 bits per heavy atom. The Morgan fingerprint density at radius 3 is 2.69 bits per heavy atom. The first-order valence-corrected chi connectivity index (χ1v) is 8.22. The van der Waals surface area contributed by atoms with Crippen LogP contribution in [-0.2, 0) is 20.7 Å². The number of amides is 1. The fourth-order valence-corrected chi connectivity index (χ4v) is 2.99. The number of methoxy groups -OCH3 is 1. The summed E-state index contributed by atoms with van der Waals surface area (Å²) < 4.78 is 10.1. The summed E-state index contributed by atoms with van der Waals surface area (Å²) in [7, 11) is 1.26. The molecule has 26 heavy (non-hydrogen) atoms. The van der Waals surface area contributed by atoms with Crippen LogP contribution in [0, 0.1) is 0 Å². The van der Waals surface area contributed by atoms with E-state index in [4.69, 9.17) is 21.1 Å². The predicted octanol–water partition coefficient (Wildman–Crippen LogP) is 3.24. The Balaban J connectivity index is 1.88. The lowest BCUT2D eigenvalue weighted by Gasteiger charge is -2.33. The molecule has 0 unspecified atom stereocenters. The van der Waals surface area contributed by atoms with E-state index >= 15 is 0 Å². The molecule has 0 fully saturated rings. The largest absolute Gasteiger partial charge is 0.465 e. The molecule has 0 saturated heterocycles. The minimum Gasteiger partial charge on any atom is -0.465 e. The topological polar surface area (TPSA) is 81.7 Å². The molecule has 134 valence electrons. The fourth-order valence-electron chi connectivity index (χ4n) is 2.81. The highest BCUT2D eigenvalue weighted by molar-refractivity contribution is 6.31. The van der Waals surface area contributed by atoms with Gasteiger partial charge >= 0.3 is 11.9 Å². The third-order valence-electron chi connectivity index (χ3n) is 4.20. The van der Waals surface area contributed by atoms with Crippen molar-refractivity contribution in [3.8, 4) is 0 Å². The third kappa shape index (κ3) is 3.28. The van der Waals surface area contributed by atoms with Gasteiger partial charge in [-0.25, -0.2) is 9.59 Å². The summed E-state index contributed by atoms with van der Waals surface area (Å²) in [6.45, 7) is 1.53. The molecule has 3 rings (SSSR count). The molecule has 2 aromatic carbocycles. The van der Waals surface area contributed by atoms with Gasteiger partial charge < -0.3 is 14.8 Å². The number of esters is 2. The van der Waals surface area contributed by atoms with E-state index in [1.54, 1.807) is 30.3 Å². The van der Waals surface area contributed by atoms with Crippen molar-refractivity contribution in [2.75, 3.05) is 12.4 Å². The van der Waals surface area contributed by atoms with Gasteiger partial charge in [-0.15, -0.1) is 0 Å². The number of halogens is 1. The second kappa shape index (κ2) is 6.80. The van der Waals surface area contributed by atoms with Gasteiger partial charge in [-0.1, -0.05) is 29.8 Å². The number of rotatable bonds is 3. The maximum absolute atomic E-state index is 12.8. The maximum atomic E-state index is 12.8. The smallest absolute Gasteiger partial charge is 0.339 e. The number of carbonyl (C=O) groups is 3. The van der Waals surface area contributed by atoms with E-state index in [0.717, 1.165) is 0 Å². The number of hydrogen-bond donors (Lipinski definition) is 1. The van der Waals surface area contributed by atoms with Gasteiger partial charge in [0, 0.05) is 11.4 Å². The number of anilines is 1. The lowest BCUT2D eigenvalue weighted by Crippen LogP contribution is -2.49. The molecule has 0 spiro atoms. The molecular weight excluding hydrogens is 358 g/mol. The molecule has 1 heterocycles. The lowest BCUT2D eigenvalue weighted by molar-refractivity contribution is -0.134. The number of nitrogens with one attached hydrogen (secondary N) is 1. The van der Waals surface area contributed by atoms with Crippen molar-refractivity contribution >= 4 is 35.1 Å². The van der Waals surface area contributed by atoms with E-state index in [1.807, 2.05) is 0 Å². The van der Waals surface area contributed by atoms with E-state index in [-0.39, 0.29) is 17.7 Å². The summed E-state index contributed by atoms with van der Waals surface area (Å²) in [5, 5.41) is 3.07. The van der Waals surface area contributed by atoms with Crippen LogP contribution in [0.1, 0.15) is 33.2 Å². The van der Waals surface area contributed by atoms with E-state index in [1.165, 1.54) is 26.2 Å². The number of fused-ring (bicyclic) bond motifs is 1. The van der Waals surface area contributed by atoms with E-state index < -0.39 is 23.4 Å². The van der Waals surface area contributed by atoms with Crippen LogP contribution in [0.5, 0.6) is 0 Å². The van der Waals surface area contributed by atoms with Crippen molar-refractivity contribution in [1.82, 2.24) is 0 Å². The molecule has 1 aliphatic rings. The Bertz CT molecular complexity index is 911. The zero-order valence-electron chi connectivity index (χ0n) is 14.2. The molecule has 7 heteroatoms. The van der Waals surface area contributed by atoms with Crippen molar-refractivity contribution in [3.63, 3.8) is 0 Å². The van der Waals surface area contributed by atoms with Gasteiger partial charge in [-0.05, 0) is 36.8 Å². The van der Waals surface area contributed by atoms with Gasteiger partial charge in [-0.3, -0.25) is 4.79 Å². The van der Waals surface area contributed by atoms with Gasteiger partial charge in [0.15, 0.2) is 5.60 Å². The Labute approximate surface area is 155 Å². The van der Waals surface area contributed by atoms with Gasteiger partial charge in [0.1, 0.15) is 0 Å². The minimum absolute atomic E-state index is 0.192. The maximum Gasteiger partial charge on any atom is 0.339 e. The average Bonchev–Trinajstić information content (AvgIpc) is 2.62. The van der Waals surface area contributed by atoms with Crippen LogP contribution >= 0.6 is 11.6 Å². The Morgan fingerprint density at radius 2 is 1.96 bits per heavy atom. The summed E-state index contributed by atoms with van der Waals surface area (Å²) in [5.74, 6) is -1.73. The number of carbonyl (C=O) groups excluding carboxylic acids is 3. The fraction of sp³-hybridized carbons (Fsp3) is 0.211. The summed E-state index contributed by atoms with van der Waals surface area (Å²) in [6, 6.07) is 11.3. The van der Waals surface area contributed by atoms with Crippen LogP contribution < -0.4 is 5.32 Å². The zero-order chi connectivity index (χ0) is 18.9. The van der Waals surface area contributed by atoms with Crippen LogP contribution in [-0.4, -0.2) is 30.6 Å². The number of hydrogen-bond acceptors (Lipinski definition) is 5. The van der Waals surface area contributed by atoms with Crippen molar-refractivity contribution in [2.24, 2.45) is 0 Å². The third-order valence-corrected chi connectivity index (χ3v) is 4.43. The second-order valence-corrected chi connectivity index (χ2v) is 6.53. The summed E-state index contributed by atoms with van der Waals surface area (Å²) >= 11 is 5.91. The van der Waals surface area contributed by atoms with Crippen molar-refractivity contribution in [3.05, 3.63) is 64.2 Å². The predicted molar refractivity (Wildman–Crippen MR) is 95.4 cm³/mol. The number of cyclic esters (lactones) is 1. The van der Waals surface area contributed by atoms with Crippen LogP contribution in [0.15, 0.2) is 42.5 Å². The second-order valence-electron chi connectivity index (χ2n) is 6.09. The molecular formula is C19H16ClNO5. The molecule has 2 aromatic rings. The molecule has 1 atom stereocenters.